The van der Waals surface area contributed by atoms with E-state index < -0.39 is 16.1 Å². The standard InChI is InChI=1S/C28H41N3O4S/c1-7-26(28(33)29-21(2)3)30(17-15-24-12-9-8-10-13-24)27(32)14-11-16-31(36(6,34)35)25-19-22(4)18-23(5)20-25/h8-10,12-13,18-21,26H,7,11,14-17H2,1-6H3,(H,29,33)/t26-/m1/s1. The van der Waals surface area contributed by atoms with Gasteiger partial charge in [0.15, 0.2) is 0 Å². The number of nitrogens with zero attached hydrogens (tertiary/aromatic N) is 2. The molecule has 0 unspecified atom stereocenters. The molecule has 7 nitrogen and oxygen atoms in total. The molecule has 0 bridgehead atoms. The van der Waals surface area contributed by atoms with E-state index in [4.69, 9.17) is 0 Å². The zero-order chi connectivity index (χ0) is 26.9. The molecule has 1 N–H and O–H groups in total. The number of amides is 2. The first-order valence-corrected chi connectivity index (χ1v) is 14.5. The summed E-state index contributed by atoms with van der Waals surface area (Å²) in [6, 6.07) is 14.9. The lowest BCUT2D eigenvalue weighted by molar-refractivity contribution is -0.141. The molecule has 8 heteroatoms. The van der Waals surface area contributed by atoms with Gasteiger partial charge in [0.1, 0.15) is 6.04 Å². The Kier molecular flexibility index (Phi) is 11.0. The highest BCUT2D eigenvalue weighted by Gasteiger charge is 2.28. The molecule has 2 amide bonds. The molecule has 2 rings (SSSR count). The molecule has 0 aromatic heterocycles. The number of aryl methyl sites for hydroxylation is 2. The largest absolute Gasteiger partial charge is 0.352 e. The van der Waals surface area contributed by atoms with Crippen LogP contribution in [0.25, 0.3) is 0 Å². The Hall–Kier alpha value is -2.87. The third kappa shape index (κ3) is 8.97. The van der Waals surface area contributed by atoms with E-state index in [1.165, 1.54) is 10.6 Å². The fraction of sp³-hybridized carbons (Fsp3) is 0.500. The van der Waals surface area contributed by atoms with E-state index in [1.807, 2.05) is 83.1 Å². The summed E-state index contributed by atoms with van der Waals surface area (Å²) in [4.78, 5) is 28.0. The maximum atomic E-state index is 13.4. The summed E-state index contributed by atoms with van der Waals surface area (Å²) in [6.07, 6.45) is 2.81. The molecular weight excluding hydrogens is 474 g/mol. The summed E-state index contributed by atoms with van der Waals surface area (Å²) in [5.41, 5.74) is 3.64. The predicted molar refractivity (Wildman–Crippen MR) is 147 cm³/mol. The highest BCUT2D eigenvalue weighted by atomic mass is 32.2. The van der Waals surface area contributed by atoms with E-state index in [0.717, 1.165) is 16.7 Å². The molecule has 0 saturated heterocycles. The van der Waals surface area contributed by atoms with E-state index in [9.17, 15) is 18.0 Å². The van der Waals surface area contributed by atoms with Crippen molar-refractivity contribution in [2.24, 2.45) is 0 Å². The highest BCUT2D eigenvalue weighted by Crippen LogP contribution is 2.22. The number of hydrogen-bond acceptors (Lipinski definition) is 4. The molecule has 2 aromatic carbocycles. The Bertz CT molecular complexity index is 1100. The lowest BCUT2D eigenvalue weighted by atomic mass is 10.1. The van der Waals surface area contributed by atoms with E-state index in [0.29, 0.717) is 31.5 Å². The summed E-state index contributed by atoms with van der Waals surface area (Å²) in [6.45, 7) is 10.2. The lowest BCUT2D eigenvalue weighted by Crippen LogP contribution is -2.51. The van der Waals surface area contributed by atoms with Crippen LogP contribution in [0.5, 0.6) is 0 Å². The van der Waals surface area contributed by atoms with E-state index in [2.05, 4.69) is 5.32 Å². The van der Waals surface area contributed by atoms with Crippen LogP contribution < -0.4 is 9.62 Å². The van der Waals surface area contributed by atoms with Gasteiger partial charge in [0.25, 0.3) is 0 Å². The van der Waals surface area contributed by atoms with Crippen LogP contribution >= 0.6 is 0 Å². The van der Waals surface area contributed by atoms with Gasteiger partial charge in [-0.2, -0.15) is 0 Å². The molecule has 0 fully saturated rings. The van der Waals surface area contributed by atoms with Gasteiger partial charge in [-0.25, -0.2) is 8.42 Å². The van der Waals surface area contributed by atoms with Gasteiger partial charge in [0.2, 0.25) is 21.8 Å². The van der Waals surface area contributed by atoms with E-state index >= 15 is 0 Å². The van der Waals surface area contributed by atoms with E-state index in [1.54, 1.807) is 4.90 Å². The SMILES string of the molecule is CC[C@H](C(=O)NC(C)C)N(CCc1ccccc1)C(=O)CCCN(c1cc(C)cc(C)c1)S(C)(=O)=O. The van der Waals surface area contributed by atoms with Gasteiger partial charge in [-0.1, -0.05) is 43.3 Å². The first-order valence-electron chi connectivity index (χ1n) is 12.6. The summed E-state index contributed by atoms with van der Waals surface area (Å²) in [5, 5.41) is 2.93. The quantitative estimate of drug-likeness (QED) is 0.433. The molecular formula is C28H41N3O4S. The lowest BCUT2D eigenvalue weighted by Gasteiger charge is -2.31. The minimum absolute atomic E-state index is 0.0290. The molecule has 1 atom stereocenters. The van der Waals surface area contributed by atoms with Gasteiger partial charge >= 0.3 is 0 Å². The van der Waals surface area contributed by atoms with Crippen molar-refractivity contribution < 1.29 is 18.0 Å². The molecule has 0 aliphatic carbocycles. The summed E-state index contributed by atoms with van der Waals surface area (Å²) in [7, 11) is -3.52. The number of benzene rings is 2. The van der Waals surface area contributed by atoms with Crippen LogP contribution in [0.4, 0.5) is 5.69 Å². The Morgan fingerprint density at radius 3 is 2.11 bits per heavy atom. The molecule has 0 saturated carbocycles. The normalized spacial score (nSPS) is 12.3. The molecule has 0 spiro atoms. The minimum atomic E-state index is -3.52. The van der Waals surface area contributed by atoms with Crippen molar-refractivity contribution in [1.82, 2.24) is 10.2 Å². The van der Waals surface area contributed by atoms with Crippen molar-refractivity contribution in [2.75, 3.05) is 23.7 Å². The van der Waals surface area contributed by atoms with Crippen molar-refractivity contribution in [1.29, 1.82) is 0 Å². The second kappa shape index (κ2) is 13.4. The maximum absolute atomic E-state index is 13.4. The van der Waals surface area contributed by atoms with Crippen LogP contribution in [0, 0.1) is 13.8 Å². The number of sulfonamides is 1. The van der Waals surface area contributed by atoms with Crippen molar-refractivity contribution in [2.45, 2.75) is 72.4 Å². The molecule has 0 heterocycles. The number of anilines is 1. The predicted octanol–water partition coefficient (Wildman–Crippen LogP) is 4.22. The van der Waals surface area contributed by atoms with Gasteiger partial charge in [0.05, 0.1) is 11.9 Å². The zero-order valence-electron chi connectivity index (χ0n) is 22.5. The van der Waals surface area contributed by atoms with Crippen molar-refractivity contribution >= 4 is 27.5 Å². The molecule has 0 aliphatic heterocycles. The molecule has 36 heavy (non-hydrogen) atoms. The van der Waals surface area contributed by atoms with Crippen LogP contribution in [-0.4, -0.2) is 56.6 Å². The second-order valence-corrected chi connectivity index (χ2v) is 11.6. The van der Waals surface area contributed by atoms with Crippen LogP contribution in [0.15, 0.2) is 48.5 Å². The maximum Gasteiger partial charge on any atom is 0.242 e. The number of carbonyl (C=O) groups is 2. The summed E-state index contributed by atoms with van der Waals surface area (Å²) in [5.74, 6) is -0.313. The molecule has 0 aliphatic rings. The Morgan fingerprint density at radius 1 is 0.972 bits per heavy atom. The highest BCUT2D eigenvalue weighted by molar-refractivity contribution is 7.92. The summed E-state index contributed by atoms with van der Waals surface area (Å²) >= 11 is 0. The Morgan fingerprint density at radius 2 is 1.58 bits per heavy atom. The number of rotatable bonds is 13. The number of carbonyl (C=O) groups excluding carboxylic acids is 2. The average Bonchev–Trinajstić information content (AvgIpc) is 2.77. The van der Waals surface area contributed by atoms with Gasteiger partial charge in [-0.3, -0.25) is 13.9 Å². The van der Waals surface area contributed by atoms with E-state index in [-0.39, 0.29) is 30.8 Å². The minimum Gasteiger partial charge on any atom is -0.352 e. The first kappa shape index (κ1) is 29.4. The fourth-order valence-electron chi connectivity index (χ4n) is 4.38. The monoisotopic (exact) mass is 515 g/mol. The van der Waals surface area contributed by atoms with Crippen molar-refractivity contribution in [3.8, 4) is 0 Å². The Balaban J connectivity index is 2.18. The van der Waals surface area contributed by atoms with Crippen molar-refractivity contribution in [3.05, 3.63) is 65.2 Å². The van der Waals surface area contributed by atoms with Gasteiger partial charge in [-0.05, 0) is 75.8 Å². The topological polar surface area (TPSA) is 86.8 Å². The molecule has 0 radical (unpaired) electrons. The van der Waals surface area contributed by atoms with Crippen LogP contribution in [0.1, 0.15) is 56.7 Å². The third-order valence-electron chi connectivity index (χ3n) is 5.95. The van der Waals surface area contributed by atoms with Crippen molar-refractivity contribution in [3.63, 3.8) is 0 Å². The van der Waals surface area contributed by atoms with Gasteiger partial charge in [-0.15, -0.1) is 0 Å². The molecule has 198 valence electrons. The van der Waals surface area contributed by atoms with Crippen LogP contribution in [0.3, 0.4) is 0 Å². The molecule has 2 aromatic rings. The van der Waals surface area contributed by atoms with Crippen LogP contribution in [-0.2, 0) is 26.0 Å². The van der Waals surface area contributed by atoms with Gasteiger partial charge < -0.3 is 10.2 Å². The smallest absolute Gasteiger partial charge is 0.242 e. The zero-order valence-corrected chi connectivity index (χ0v) is 23.3. The third-order valence-corrected chi connectivity index (χ3v) is 7.14. The second-order valence-electron chi connectivity index (χ2n) is 9.69. The number of nitrogens with one attached hydrogen (secondary N) is 1. The number of hydrogen-bond donors (Lipinski definition) is 1. The van der Waals surface area contributed by atoms with Crippen LogP contribution in [0.2, 0.25) is 0 Å². The average molecular weight is 516 g/mol. The first-order chi connectivity index (χ1) is 16.9. The fourth-order valence-corrected chi connectivity index (χ4v) is 5.32. The Labute approximate surface area is 216 Å². The van der Waals surface area contributed by atoms with Gasteiger partial charge in [0, 0.05) is 25.6 Å². The summed E-state index contributed by atoms with van der Waals surface area (Å²) < 4.78 is 26.5.